The van der Waals surface area contributed by atoms with E-state index >= 15 is 0 Å². The lowest BCUT2D eigenvalue weighted by Gasteiger charge is -2.40. The first-order chi connectivity index (χ1) is 19.0. The number of carbonyl (C=O) groups excluding carboxylic acids is 3. The van der Waals surface area contributed by atoms with Crippen molar-refractivity contribution in [2.75, 3.05) is 17.3 Å². The molecule has 4 unspecified atom stereocenters. The van der Waals surface area contributed by atoms with Gasteiger partial charge in [0.15, 0.2) is 11.6 Å². The van der Waals surface area contributed by atoms with Gasteiger partial charge in [0, 0.05) is 27.9 Å². The number of anilines is 2. The lowest BCUT2D eigenvalue weighted by molar-refractivity contribution is -0.128. The quantitative estimate of drug-likeness (QED) is 0.417. The van der Waals surface area contributed by atoms with Crippen LogP contribution in [-0.4, -0.2) is 36.7 Å². The largest absolute Gasteiger partial charge is 0.497 e. The number of nitrogens with one attached hydrogen (secondary N) is 1. The maximum absolute atomic E-state index is 14.8. The zero-order valence-corrected chi connectivity index (χ0v) is 23.7. The monoisotopic (exact) mass is 534 g/mol. The van der Waals surface area contributed by atoms with E-state index in [0.717, 1.165) is 28.0 Å². The summed E-state index contributed by atoms with van der Waals surface area (Å²) in [5, 5.41) is 3.09. The molecule has 1 amide bonds. The van der Waals surface area contributed by atoms with Gasteiger partial charge in [0.05, 0.1) is 19.1 Å². The van der Waals surface area contributed by atoms with Crippen LogP contribution in [0.2, 0.25) is 0 Å². The number of ketones is 2. The smallest absolute Gasteiger partial charge is 0.238 e. The van der Waals surface area contributed by atoms with Crippen molar-refractivity contribution in [3.63, 3.8) is 0 Å². The van der Waals surface area contributed by atoms with Crippen molar-refractivity contribution in [3.8, 4) is 5.75 Å². The highest BCUT2D eigenvalue weighted by Gasteiger charge is 2.71. The lowest BCUT2D eigenvalue weighted by atomic mass is 9.63. The van der Waals surface area contributed by atoms with Crippen LogP contribution < -0.4 is 15.0 Å². The lowest BCUT2D eigenvalue weighted by Crippen LogP contribution is -2.51. The summed E-state index contributed by atoms with van der Waals surface area (Å²) in [4.78, 5) is 45.8. The second kappa shape index (κ2) is 8.91. The summed E-state index contributed by atoms with van der Waals surface area (Å²) < 4.78 is 5.33. The molecular weight excluding hydrogens is 500 g/mol. The van der Waals surface area contributed by atoms with Gasteiger partial charge in [-0.3, -0.25) is 14.4 Å². The maximum Gasteiger partial charge on any atom is 0.238 e. The summed E-state index contributed by atoms with van der Waals surface area (Å²) in [7, 11) is 1.58. The average molecular weight is 535 g/mol. The van der Waals surface area contributed by atoms with Gasteiger partial charge in [0.2, 0.25) is 5.91 Å². The van der Waals surface area contributed by atoms with Gasteiger partial charge in [0.25, 0.3) is 0 Å². The molecule has 3 aliphatic heterocycles. The van der Waals surface area contributed by atoms with Gasteiger partial charge >= 0.3 is 0 Å². The van der Waals surface area contributed by atoms with Crippen LogP contribution in [0.25, 0.3) is 5.57 Å². The van der Waals surface area contributed by atoms with Crippen LogP contribution in [0.1, 0.15) is 54.7 Å². The standard InChI is InChI=1S/C34H34N2O4/c1-19-11-16-26-23(17-19)20(2)18-27-34(24-9-7-8-10-25(24)35-32(34)39)28(29(36(26)27)31(38)33(3,4)5)30(37)21-12-14-22(40-6)15-13-21/h7-18,27-29H,1-6H3,(H,35,39). The molecule has 3 aromatic rings. The number of methoxy groups -OCH3 is 1. The Labute approximate surface area is 235 Å². The van der Waals surface area contributed by atoms with Gasteiger partial charge in [-0.15, -0.1) is 0 Å². The molecule has 0 radical (unpaired) electrons. The SMILES string of the molecule is COc1ccc(C(=O)C2C(C(=O)C(C)(C)C)N3c4ccc(C)cc4C(C)=CC3C23C(=O)Nc2ccccc23)cc1. The highest BCUT2D eigenvalue weighted by molar-refractivity contribution is 6.17. The predicted octanol–water partition coefficient (Wildman–Crippen LogP) is 5.98. The fourth-order valence-electron chi connectivity index (χ4n) is 6.92. The predicted molar refractivity (Wildman–Crippen MR) is 157 cm³/mol. The van der Waals surface area contributed by atoms with E-state index in [2.05, 4.69) is 22.4 Å². The Morgan fingerprint density at radius 3 is 2.35 bits per heavy atom. The third-order valence-corrected chi connectivity index (χ3v) is 8.80. The molecule has 40 heavy (non-hydrogen) atoms. The molecule has 3 aromatic carbocycles. The van der Waals surface area contributed by atoms with Crippen LogP contribution in [0, 0.1) is 18.3 Å². The van der Waals surface area contributed by atoms with Gasteiger partial charge < -0.3 is 15.0 Å². The molecule has 6 rings (SSSR count). The second-order valence-corrected chi connectivity index (χ2v) is 12.2. The Balaban J connectivity index is 1.69. The van der Waals surface area contributed by atoms with Crippen molar-refractivity contribution in [1.29, 1.82) is 0 Å². The number of aryl methyl sites for hydroxylation is 1. The molecule has 3 aliphatic rings. The first-order valence-corrected chi connectivity index (χ1v) is 13.7. The number of nitrogens with zero attached hydrogens (tertiary/aromatic N) is 1. The number of ether oxygens (including phenoxy) is 1. The molecular formula is C34H34N2O4. The Bertz CT molecular complexity index is 1600. The number of rotatable bonds is 4. The van der Waals surface area contributed by atoms with Gasteiger partial charge in [-0.25, -0.2) is 0 Å². The minimum Gasteiger partial charge on any atom is -0.497 e. The Kier molecular flexibility index (Phi) is 5.81. The van der Waals surface area contributed by atoms with Crippen molar-refractivity contribution < 1.29 is 19.1 Å². The fraction of sp³-hybridized carbons (Fsp3) is 0.324. The molecule has 0 aliphatic carbocycles. The summed E-state index contributed by atoms with van der Waals surface area (Å²) in [6.45, 7) is 9.73. The van der Waals surface area contributed by atoms with Crippen LogP contribution in [-0.2, 0) is 15.0 Å². The molecule has 3 heterocycles. The van der Waals surface area contributed by atoms with Crippen LogP contribution in [0.4, 0.5) is 11.4 Å². The highest BCUT2D eigenvalue weighted by Crippen LogP contribution is 2.59. The van der Waals surface area contributed by atoms with Gasteiger partial charge in [-0.2, -0.15) is 0 Å². The van der Waals surface area contributed by atoms with Crippen molar-refractivity contribution >= 4 is 34.4 Å². The molecule has 1 spiro atoms. The molecule has 6 heteroatoms. The number of allylic oxidation sites excluding steroid dienone is 1. The molecule has 6 nitrogen and oxygen atoms in total. The number of benzene rings is 3. The fourth-order valence-corrected chi connectivity index (χ4v) is 6.92. The summed E-state index contributed by atoms with van der Waals surface area (Å²) in [5.41, 5.74) is 3.84. The third kappa shape index (κ3) is 3.51. The van der Waals surface area contributed by atoms with E-state index in [9.17, 15) is 14.4 Å². The van der Waals surface area contributed by atoms with Crippen molar-refractivity contribution in [3.05, 3.63) is 95.1 Å². The third-order valence-electron chi connectivity index (χ3n) is 8.80. The topological polar surface area (TPSA) is 75.7 Å². The number of para-hydroxylation sites is 1. The highest BCUT2D eigenvalue weighted by atomic mass is 16.5. The molecule has 1 saturated heterocycles. The van der Waals surface area contributed by atoms with E-state index in [0.29, 0.717) is 17.0 Å². The Morgan fingerprint density at radius 1 is 0.975 bits per heavy atom. The molecule has 1 fully saturated rings. The zero-order valence-electron chi connectivity index (χ0n) is 23.7. The van der Waals surface area contributed by atoms with Gasteiger partial charge in [-0.1, -0.05) is 56.7 Å². The van der Waals surface area contributed by atoms with Crippen molar-refractivity contribution in [2.24, 2.45) is 11.3 Å². The summed E-state index contributed by atoms with van der Waals surface area (Å²) in [6.07, 6.45) is 2.09. The minimum absolute atomic E-state index is 0.0714. The molecule has 1 N–H and O–H groups in total. The van der Waals surface area contributed by atoms with E-state index in [4.69, 9.17) is 4.74 Å². The normalized spacial score (nSPS) is 24.6. The molecule has 4 atom stereocenters. The first kappa shape index (κ1) is 26.1. The Hall–Kier alpha value is -4.19. The number of carbonyl (C=O) groups is 3. The van der Waals surface area contributed by atoms with E-state index in [-0.39, 0.29) is 17.5 Å². The van der Waals surface area contributed by atoms with Crippen LogP contribution in [0.15, 0.2) is 72.8 Å². The van der Waals surface area contributed by atoms with Crippen LogP contribution in [0.3, 0.4) is 0 Å². The van der Waals surface area contributed by atoms with Crippen molar-refractivity contribution in [1.82, 2.24) is 0 Å². The van der Waals surface area contributed by atoms with Crippen LogP contribution >= 0.6 is 0 Å². The number of fused-ring (bicyclic) bond motifs is 6. The number of Topliss-reactive ketones (excluding diaryl/α,β-unsaturated/α-hetero) is 2. The first-order valence-electron chi connectivity index (χ1n) is 13.7. The summed E-state index contributed by atoms with van der Waals surface area (Å²) in [6, 6.07) is 19.3. The van der Waals surface area contributed by atoms with E-state index in [1.807, 2.05) is 71.0 Å². The molecule has 0 bridgehead atoms. The van der Waals surface area contributed by atoms with Gasteiger partial charge in [0.1, 0.15) is 17.2 Å². The van der Waals surface area contributed by atoms with E-state index in [1.54, 1.807) is 31.4 Å². The zero-order chi connectivity index (χ0) is 28.6. The molecule has 204 valence electrons. The van der Waals surface area contributed by atoms with E-state index in [1.165, 1.54) is 0 Å². The summed E-state index contributed by atoms with van der Waals surface area (Å²) in [5.74, 6) is -0.884. The van der Waals surface area contributed by atoms with E-state index < -0.39 is 28.8 Å². The van der Waals surface area contributed by atoms with Gasteiger partial charge in [-0.05, 0) is 67.4 Å². The van der Waals surface area contributed by atoms with Crippen molar-refractivity contribution in [2.45, 2.75) is 52.1 Å². The Morgan fingerprint density at radius 2 is 1.68 bits per heavy atom. The van der Waals surface area contributed by atoms with Crippen LogP contribution in [0.5, 0.6) is 5.75 Å². The number of amides is 1. The maximum atomic E-state index is 14.8. The number of hydrogen-bond donors (Lipinski definition) is 1. The second-order valence-electron chi connectivity index (χ2n) is 12.2. The minimum atomic E-state index is -1.30. The summed E-state index contributed by atoms with van der Waals surface area (Å²) >= 11 is 0. The number of hydrogen-bond acceptors (Lipinski definition) is 5. The molecule has 0 aromatic heterocycles. The average Bonchev–Trinajstić information content (AvgIpc) is 3.39. The molecule has 0 saturated carbocycles.